The van der Waals surface area contributed by atoms with Gasteiger partial charge in [-0.15, -0.1) is 0 Å². The van der Waals surface area contributed by atoms with E-state index in [0.29, 0.717) is 22.8 Å². The van der Waals surface area contributed by atoms with E-state index in [9.17, 15) is 10.1 Å². The van der Waals surface area contributed by atoms with E-state index in [2.05, 4.69) is 46.4 Å². The number of carbonyl (C=O) groups is 1. The maximum absolute atomic E-state index is 12.1. The van der Waals surface area contributed by atoms with Gasteiger partial charge in [-0.25, -0.2) is 9.78 Å². The summed E-state index contributed by atoms with van der Waals surface area (Å²) in [5.41, 5.74) is 4.50. The smallest absolute Gasteiger partial charge is 0.319 e. The van der Waals surface area contributed by atoms with Gasteiger partial charge in [0.25, 0.3) is 0 Å². The number of benzene rings is 2. The van der Waals surface area contributed by atoms with Gasteiger partial charge in [0.15, 0.2) is 0 Å². The molecule has 0 saturated carbocycles. The summed E-state index contributed by atoms with van der Waals surface area (Å²) in [6, 6.07) is 15.2. The summed E-state index contributed by atoms with van der Waals surface area (Å²) in [5, 5.41) is 16.8. The topological polar surface area (TPSA) is 84.3 Å². The van der Waals surface area contributed by atoms with Crippen LogP contribution in [0.2, 0.25) is 5.02 Å². The Morgan fingerprint density at radius 2 is 1.91 bits per heavy atom. The van der Waals surface area contributed by atoms with Crippen molar-refractivity contribution in [3.05, 3.63) is 64.2 Å². The average molecular weight is 463 g/mol. The molecule has 0 bridgehead atoms. The van der Waals surface area contributed by atoms with Crippen LogP contribution in [0.3, 0.4) is 0 Å². The van der Waals surface area contributed by atoms with E-state index in [4.69, 9.17) is 16.6 Å². The van der Waals surface area contributed by atoms with Crippen LogP contribution < -0.4 is 15.5 Å². The van der Waals surface area contributed by atoms with E-state index < -0.39 is 0 Å². The predicted molar refractivity (Wildman–Crippen MR) is 133 cm³/mol. The van der Waals surface area contributed by atoms with Crippen LogP contribution in [-0.2, 0) is 0 Å². The molecule has 3 aromatic rings. The first-order chi connectivity index (χ1) is 16.0. The minimum atomic E-state index is -0.272. The van der Waals surface area contributed by atoms with Crippen LogP contribution in [0, 0.1) is 25.2 Å². The van der Waals surface area contributed by atoms with Crippen molar-refractivity contribution in [1.29, 1.82) is 5.26 Å². The molecular weight excluding hydrogens is 436 g/mol. The highest BCUT2D eigenvalue weighted by Gasteiger charge is 2.21. The van der Waals surface area contributed by atoms with Crippen molar-refractivity contribution in [1.82, 2.24) is 15.2 Å². The Bertz CT molecular complexity index is 1210. The lowest BCUT2D eigenvalue weighted by Gasteiger charge is -2.35. The van der Waals surface area contributed by atoms with Gasteiger partial charge in [-0.1, -0.05) is 35.9 Å². The zero-order chi connectivity index (χ0) is 23.4. The van der Waals surface area contributed by atoms with E-state index in [-0.39, 0.29) is 6.03 Å². The summed E-state index contributed by atoms with van der Waals surface area (Å²) in [7, 11) is 0. The molecule has 1 aliphatic heterocycles. The number of carbonyl (C=O) groups excluding carboxylic acids is 1. The fourth-order valence-electron chi connectivity index (χ4n) is 4.04. The van der Waals surface area contributed by atoms with Gasteiger partial charge < -0.3 is 15.5 Å². The number of piperazine rings is 1. The van der Waals surface area contributed by atoms with Crippen molar-refractivity contribution in [2.75, 3.05) is 49.5 Å². The Hall–Kier alpha value is -3.34. The number of urea groups is 1. The Kier molecular flexibility index (Phi) is 6.97. The Morgan fingerprint density at radius 3 is 2.64 bits per heavy atom. The van der Waals surface area contributed by atoms with E-state index in [1.807, 2.05) is 24.3 Å². The molecule has 1 saturated heterocycles. The van der Waals surface area contributed by atoms with Crippen molar-refractivity contribution in [3.63, 3.8) is 0 Å². The van der Waals surface area contributed by atoms with Crippen molar-refractivity contribution < 1.29 is 4.79 Å². The minimum Gasteiger partial charge on any atom is -0.353 e. The summed E-state index contributed by atoms with van der Waals surface area (Å²) >= 11 is 6.08. The molecule has 0 unspecified atom stereocenters. The highest BCUT2D eigenvalue weighted by atomic mass is 35.5. The number of halogens is 1. The summed E-state index contributed by atoms with van der Waals surface area (Å²) in [6.45, 7) is 8.68. The first-order valence-corrected chi connectivity index (χ1v) is 11.4. The van der Waals surface area contributed by atoms with E-state index >= 15 is 0 Å². The normalized spacial score (nSPS) is 14.2. The second-order valence-corrected chi connectivity index (χ2v) is 8.65. The molecule has 1 fully saturated rings. The molecule has 0 aliphatic carbocycles. The number of para-hydroxylation sites is 1. The van der Waals surface area contributed by atoms with Gasteiger partial charge in [-0.2, -0.15) is 5.26 Å². The van der Waals surface area contributed by atoms with Crippen LogP contribution in [0.1, 0.15) is 16.7 Å². The number of pyridine rings is 1. The monoisotopic (exact) mass is 462 g/mol. The predicted octanol–water partition coefficient (Wildman–Crippen LogP) is 4.32. The molecule has 2 amide bonds. The first kappa shape index (κ1) is 22.8. The van der Waals surface area contributed by atoms with Crippen LogP contribution >= 0.6 is 11.6 Å². The number of nitrogens with one attached hydrogen (secondary N) is 2. The van der Waals surface area contributed by atoms with Crippen molar-refractivity contribution >= 4 is 40.0 Å². The fourth-order valence-corrected chi connectivity index (χ4v) is 4.22. The summed E-state index contributed by atoms with van der Waals surface area (Å²) in [6.07, 6.45) is 0. The molecule has 2 heterocycles. The number of aromatic nitrogens is 1. The third kappa shape index (κ3) is 5.19. The zero-order valence-electron chi connectivity index (χ0n) is 18.9. The standard InChI is InChI=1S/C25H27ClN6O/c1-17-7-8-19-15-20(16-27)24(30-23(19)18(17)2)32-13-11-31(12-14-32)10-9-28-25(33)29-22-6-4-3-5-21(22)26/h3-8,15H,9-14H2,1-2H3,(H2,28,29,33). The van der Waals surface area contributed by atoms with Crippen LogP contribution in [0.25, 0.3) is 10.9 Å². The zero-order valence-corrected chi connectivity index (χ0v) is 19.6. The molecule has 0 spiro atoms. The molecule has 170 valence electrons. The summed E-state index contributed by atoms with van der Waals surface area (Å²) in [5.74, 6) is 0.760. The minimum absolute atomic E-state index is 0.272. The number of nitrogens with zero attached hydrogens (tertiary/aromatic N) is 4. The highest BCUT2D eigenvalue weighted by Crippen LogP contribution is 2.27. The number of hydrogen-bond donors (Lipinski definition) is 2. The number of rotatable bonds is 5. The lowest BCUT2D eigenvalue weighted by atomic mass is 10.0. The number of nitriles is 1. The van der Waals surface area contributed by atoms with Crippen LogP contribution in [0.5, 0.6) is 0 Å². The average Bonchev–Trinajstić information content (AvgIpc) is 2.83. The molecule has 4 rings (SSSR count). The van der Waals surface area contributed by atoms with Gasteiger partial charge in [0, 0.05) is 44.7 Å². The Labute approximate surface area is 199 Å². The number of anilines is 2. The highest BCUT2D eigenvalue weighted by molar-refractivity contribution is 6.33. The third-order valence-electron chi connectivity index (χ3n) is 6.12. The molecule has 7 nitrogen and oxygen atoms in total. The van der Waals surface area contributed by atoms with Crippen LogP contribution in [-0.4, -0.2) is 55.2 Å². The molecule has 1 aliphatic rings. The summed E-state index contributed by atoms with van der Waals surface area (Å²) < 4.78 is 0. The van der Waals surface area contributed by atoms with Gasteiger partial charge >= 0.3 is 6.03 Å². The first-order valence-electron chi connectivity index (χ1n) is 11.0. The fraction of sp³-hybridized carbons (Fsp3) is 0.320. The van der Waals surface area contributed by atoms with Gasteiger partial charge in [0.05, 0.1) is 21.8 Å². The quantitative estimate of drug-likeness (QED) is 0.589. The SMILES string of the molecule is Cc1ccc2cc(C#N)c(N3CCN(CCNC(=O)Nc4ccccc4Cl)CC3)nc2c1C. The number of hydrogen-bond acceptors (Lipinski definition) is 5. The molecule has 0 atom stereocenters. The van der Waals surface area contributed by atoms with Gasteiger partial charge in [-0.05, 0) is 43.2 Å². The van der Waals surface area contributed by atoms with Crippen LogP contribution in [0.15, 0.2) is 42.5 Å². The molecule has 1 aromatic heterocycles. The lowest BCUT2D eigenvalue weighted by molar-refractivity contribution is 0.240. The molecule has 2 N–H and O–H groups in total. The van der Waals surface area contributed by atoms with E-state index in [1.54, 1.807) is 12.1 Å². The molecule has 2 aromatic carbocycles. The number of aryl methyl sites for hydroxylation is 2. The van der Waals surface area contributed by atoms with Crippen molar-refractivity contribution in [2.45, 2.75) is 13.8 Å². The molecule has 8 heteroatoms. The molecule has 0 radical (unpaired) electrons. The number of amides is 2. The Morgan fingerprint density at radius 1 is 1.15 bits per heavy atom. The molecular formula is C25H27ClN6O. The largest absolute Gasteiger partial charge is 0.353 e. The van der Waals surface area contributed by atoms with Gasteiger partial charge in [0.1, 0.15) is 11.9 Å². The van der Waals surface area contributed by atoms with E-state index in [1.165, 1.54) is 5.56 Å². The maximum Gasteiger partial charge on any atom is 0.319 e. The molecule has 33 heavy (non-hydrogen) atoms. The van der Waals surface area contributed by atoms with Gasteiger partial charge in [0.2, 0.25) is 0 Å². The summed E-state index contributed by atoms with van der Waals surface area (Å²) in [4.78, 5) is 21.5. The second-order valence-electron chi connectivity index (χ2n) is 8.24. The maximum atomic E-state index is 12.1. The third-order valence-corrected chi connectivity index (χ3v) is 6.45. The number of fused-ring (bicyclic) bond motifs is 1. The second kappa shape index (κ2) is 10.1. The Balaban J connectivity index is 1.32. The van der Waals surface area contributed by atoms with Gasteiger partial charge in [-0.3, -0.25) is 4.90 Å². The van der Waals surface area contributed by atoms with E-state index in [0.717, 1.165) is 55.0 Å². The van der Waals surface area contributed by atoms with Crippen molar-refractivity contribution in [2.24, 2.45) is 0 Å². The van der Waals surface area contributed by atoms with Crippen molar-refractivity contribution in [3.8, 4) is 6.07 Å². The lowest BCUT2D eigenvalue weighted by Crippen LogP contribution is -2.49. The van der Waals surface area contributed by atoms with Crippen LogP contribution in [0.4, 0.5) is 16.3 Å².